The van der Waals surface area contributed by atoms with Crippen molar-refractivity contribution < 1.29 is 14.3 Å². The van der Waals surface area contributed by atoms with E-state index in [2.05, 4.69) is 15.6 Å². The monoisotopic (exact) mass is 285 g/mol. The summed E-state index contributed by atoms with van der Waals surface area (Å²) >= 11 is 0. The standard InChI is InChI=1S/C15H15N3O3/c1-10(19)17-12-5-3-4-11(8-12)15(20)18-13-6-7-14(21-2)16-9-13/h3-9H,1-2H3,(H,17,19)(H,18,20). The van der Waals surface area contributed by atoms with Gasteiger partial charge in [0.2, 0.25) is 11.8 Å². The Morgan fingerprint density at radius 1 is 1.10 bits per heavy atom. The van der Waals surface area contributed by atoms with E-state index in [1.165, 1.54) is 20.2 Å². The Labute approximate surface area is 122 Å². The zero-order valence-electron chi connectivity index (χ0n) is 11.7. The predicted octanol–water partition coefficient (Wildman–Crippen LogP) is 2.30. The molecule has 6 nitrogen and oxygen atoms in total. The van der Waals surface area contributed by atoms with Gasteiger partial charge >= 0.3 is 0 Å². The van der Waals surface area contributed by atoms with Crippen LogP contribution in [0.5, 0.6) is 5.88 Å². The zero-order valence-corrected chi connectivity index (χ0v) is 11.7. The van der Waals surface area contributed by atoms with Crippen molar-refractivity contribution in [1.29, 1.82) is 0 Å². The van der Waals surface area contributed by atoms with E-state index in [9.17, 15) is 9.59 Å². The topological polar surface area (TPSA) is 80.3 Å². The van der Waals surface area contributed by atoms with Gasteiger partial charge < -0.3 is 15.4 Å². The first-order chi connectivity index (χ1) is 10.1. The van der Waals surface area contributed by atoms with E-state index in [1.807, 2.05) is 0 Å². The third-order valence-corrected chi connectivity index (χ3v) is 2.65. The number of pyridine rings is 1. The molecule has 0 spiro atoms. The minimum Gasteiger partial charge on any atom is -0.481 e. The van der Waals surface area contributed by atoms with E-state index >= 15 is 0 Å². The first-order valence-corrected chi connectivity index (χ1v) is 6.27. The quantitative estimate of drug-likeness (QED) is 0.903. The summed E-state index contributed by atoms with van der Waals surface area (Å²) < 4.78 is 4.95. The highest BCUT2D eigenvalue weighted by molar-refractivity contribution is 6.05. The summed E-state index contributed by atoms with van der Waals surface area (Å²) in [6, 6.07) is 10.0. The number of anilines is 2. The molecular formula is C15H15N3O3. The fraction of sp³-hybridized carbons (Fsp3) is 0.133. The number of nitrogens with one attached hydrogen (secondary N) is 2. The largest absolute Gasteiger partial charge is 0.481 e. The fourth-order valence-corrected chi connectivity index (χ4v) is 1.72. The number of aromatic nitrogens is 1. The minimum atomic E-state index is -0.283. The lowest BCUT2D eigenvalue weighted by Gasteiger charge is -2.07. The molecule has 0 aliphatic carbocycles. The molecule has 0 aliphatic heterocycles. The van der Waals surface area contributed by atoms with Crippen LogP contribution in [0.4, 0.5) is 11.4 Å². The maximum absolute atomic E-state index is 12.1. The van der Waals surface area contributed by atoms with Crippen molar-refractivity contribution in [3.63, 3.8) is 0 Å². The lowest BCUT2D eigenvalue weighted by atomic mass is 10.2. The number of carbonyl (C=O) groups is 2. The zero-order chi connectivity index (χ0) is 15.2. The summed E-state index contributed by atoms with van der Waals surface area (Å²) in [5.74, 6) is 0.00161. The molecule has 108 valence electrons. The van der Waals surface area contributed by atoms with Crippen LogP contribution in [0.25, 0.3) is 0 Å². The molecule has 0 atom stereocenters. The van der Waals surface area contributed by atoms with Crippen LogP contribution in [0.1, 0.15) is 17.3 Å². The van der Waals surface area contributed by atoms with Crippen LogP contribution in [0, 0.1) is 0 Å². The molecule has 0 unspecified atom stereocenters. The first-order valence-electron chi connectivity index (χ1n) is 6.27. The summed E-state index contributed by atoms with van der Waals surface area (Å²) in [6.07, 6.45) is 1.51. The Kier molecular flexibility index (Phi) is 4.50. The number of rotatable bonds is 4. The van der Waals surface area contributed by atoms with E-state index in [-0.39, 0.29) is 11.8 Å². The number of carbonyl (C=O) groups excluding carboxylic acids is 2. The van der Waals surface area contributed by atoms with Gasteiger partial charge in [-0.15, -0.1) is 0 Å². The highest BCUT2D eigenvalue weighted by atomic mass is 16.5. The Morgan fingerprint density at radius 2 is 1.90 bits per heavy atom. The SMILES string of the molecule is COc1ccc(NC(=O)c2cccc(NC(C)=O)c2)cn1. The van der Waals surface area contributed by atoms with Crippen molar-refractivity contribution in [2.75, 3.05) is 17.7 Å². The van der Waals surface area contributed by atoms with Crippen LogP contribution in [-0.4, -0.2) is 23.9 Å². The van der Waals surface area contributed by atoms with Crippen LogP contribution in [0.3, 0.4) is 0 Å². The highest BCUT2D eigenvalue weighted by Gasteiger charge is 2.07. The van der Waals surface area contributed by atoms with Gasteiger partial charge in [0.05, 0.1) is 19.0 Å². The van der Waals surface area contributed by atoms with Crippen molar-refractivity contribution in [2.45, 2.75) is 6.92 Å². The Balaban J connectivity index is 2.10. The van der Waals surface area contributed by atoms with Gasteiger partial charge in [-0.25, -0.2) is 4.98 Å². The highest BCUT2D eigenvalue weighted by Crippen LogP contribution is 2.15. The molecule has 1 aromatic heterocycles. The van der Waals surface area contributed by atoms with E-state index in [1.54, 1.807) is 36.4 Å². The van der Waals surface area contributed by atoms with Gasteiger partial charge in [-0.2, -0.15) is 0 Å². The molecule has 0 aliphatic rings. The summed E-state index contributed by atoms with van der Waals surface area (Å²) in [4.78, 5) is 27.1. The van der Waals surface area contributed by atoms with Crippen molar-refractivity contribution in [1.82, 2.24) is 4.98 Å². The van der Waals surface area contributed by atoms with Gasteiger partial charge in [-0.1, -0.05) is 6.07 Å². The van der Waals surface area contributed by atoms with Crippen molar-refractivity contribution >= 4 is 23.2 Å². The Hall–Kier alpha value is -2.89. The van der Waals surface area contributed by atoms with Gasteiger partial charge in [0.15, 0.2) is 0 Å². The Morgan fingerprint density at radius 3 is 2.52 bits per heavy atom. The number of hydrogen-bond donors (Lipinski definition) is 2. The number of nitrogens with zero attached hydrogens (tertiary/aromatic N) is 1. The van der Waals surface area contributed by atoms with Gasteiger partial charge in [-0.3, -0.25) is 9.59 Å². The maximum Gasteiger partial charge on any atom is 0.255 e. The van der Waals surface area contributed by atoms with E-state index in [0.717, 1.165) is 0 Å². The van der Waals surface area contributed by atoms with Gasteiger partial charge in [0.1, 0.15) is 0 Å². The molecule has 2 rings (SSSR count). The van der Waals surface area contributed by atoms with E-state index in [0.29, 0.717) is 22.8 Å². The fourth-order valence-electron chi connectivity index (χ4n) is 1.72. The second-order valence-corrected chi connectivity index (χ2v) is 4.31. The number of benzene rings is 1. The average molecular weight is 285 g/mol. The van der Waals surface area contributed by atoms with Crippen molar-refractivity contribution in [2.24, 2.45) is 0 Å². The molecule has 0 saturated carbocycles. The normalized spacial score (nSPS) is 9.81. The van der Waals surface area contributed by atoms with Crippen LogP contribution < -0.4 is 15.4 Å². The molecular weight excluding hydrogens is 270 g/mol. The number of amides is 2. The van der Waals surface area contributed by atoms with Crippen LogP contribution in [-0.2, 0) is 4.79 Å². The van der Waals surface area contributed by atoms with E-state index in [4.69, 9.17) is 4.74 Å². The molecule has 0 fully saturated rings. The first kappa shape index (κ1) is 14.5. The molecule has 0 radical (unpaired) electrons. The van der Waals surface area contributed by atoms with Gasteiger partial charge in [-0.05, 0) is 24.3 Å². The molecule has 2 amide bonds. The molecule has 0 bridgehead atoms. The Bertz CT molecular complexity index is 653. The van der Waals surface area contributed by atoms with Crippen LogP contribution >= 0.6 is 0 Å². The average Bonchev–Trinajstić information content (AvgIpc) is 2.47. The molecule has 21 heavy (non-hydrogen) atoms. The second kappa shape index (κ2) is 6.51. The molecule has 1 heterocycles. The maximum atomic E-state index is 12.1. The lowest BCUT2D eigenvalue weighted by molar-refractivity contribution is -0.114. The summed E-state index contributed by atoms with van der Waals surface area (Å²) in [7, 11) is 1.52. The second-order valence-electron chi connectivity index (χ2n) is 4.31. The molecule has 2 aromatic rings. The number of methoxy groups -OCH3 is 1. The minimum absolute atomic E-state index is 0.188. The van der Waals surface area contributed by atoms with Gasteiger partial charge in [0, 0.05) is 24.2 Å². The number of ether oxygens (including phenoxy) is 1. The van der Waals surface area contributed by atoms with Crippen LogP contribution in [0.2, 0.25) is 0 Å². The molecule has 0 saturated heterocycles. The summed E-state index contributed by atoms with van der Waals surface area (Å²) in [5, 5.41) is 5.35. The van der Waals surface area contributed by atoms with Crippen molar-refractivity contribution in [3.8, 4) is 5.88 Å². The predicted molar refractivity (Wildman–Crippen MR) is 79.5 cm³/mol. The van der Waals surface area contributed by atoms with Gasteiger partial charge in [0.25, 0.3) is 5.91 Å². The summed E-state index contributed by atoms with van der Waals surface area (Å²) in [5.41, 5.74) is 1.57. The number of hydrogen-bond acceptors (Lipinski definition) is 4. The smallest absolute Gasteiger partial charge is 0.255 e. The van der Waals surface area contributed by atoms with Crippen molar-refractivity contribution in [3.05, 3.63) is 48.2 Å². The molecule has 2 N–H and O–H groups in total. The third kappa shape index (κ3) is 4.04. The third-order valence-electron chi connectivity index (χ3n) is 2.65. The summed E-state index contributed by atoms with van der Waals surface area (Å²) in [6.45, 7) is 1.41. The van der Waals surface area contributed by atoms with E-state index < -0.39 is 0 Å². The lowest BCUT2D eigenvalue weighted by Crippen LogP contribution is -2.13. The molecule has 6 heteroatoms. The van der Waals surface area contributed by atoms with Crippen LogP contribution in [0.15, 0.2) is 42.6 Å². The molecule has 1 aromatic carbocycles.